The quantitative estimate of drug-likeness (QED) is 0.389. The van der Waals surface area contributed by atoms with Gasteiger partial charge in [-0.2, -0.15) is 0 Å². The third-order valence-corrected chi connectivity index (χ3v) is 1.60. The van der Waals surface area contributed by atoms with Crippen LogP contribution in [-0.2, 0) is 0 Å². The number of hydrogen-bond donors (Lipinski definition) is 2. The van der Waals surface area contributed by atoms with E-state index in [9.17, 15) is 0 Å². The summed E-state index contributed by atoms with van der Waals surface area (Å²) < 4.78 is 5.19. The van der Waals surface area contributed by atoms with Crippen molar-refractivity contribution in [3.63, 3.8) is 0 Å². The SMILES string of the molecule is C=CC(NN)c1occc1C. The van der Waals surface area contributed by atoms with Crippen LogP contribution in [0.25, 0.3) is 0 Å². The van der Waals surface area contributed by atoms with E-state index in [-0.39, 0.29) is 6.04 Å². The number of furan rings is 1. The van der Waals surface area contributed by atoms with E-state index in [1.807, 2.05) is 13.0 Å². The molecule has 1 unspecified atom stereocenters. The summed E-state index contributed by atoms with van der Waals surface area (Å²) in [7, 11) is 0. The third kappa shape index (κ3) is 1.50. The standard InChI is InChI=1S/C8H12N2O/c1-3-7(10-9)8-6(2)4-5-11-8/h3-5,7,10H,1,9H2,2H3. The average molecular weight is 152 g/mol. The monoisotopic (exact) mass is 152 g/mol. The summed E-state index contributed by atoms with van der Waals surface area (Å²) >= 11 is 0. The Kier molecular flexibility index (Phi) is 2.46. The molecule has 0 spiro atoms. The van der Waals surface area contributed by atoms with Crippen molar-refractivity contribution in [2.24, 2.45) is 5.84 Å². The first kappa shape index (κ1) is 8.04. The lowest BCUT2D eigenvalue weighted by Gasteiger charge is -2.07. The van der Waals surface area contributed by atoms with Crippen LogP contribution < -0.4 is 11.3 Å². The molecule has 0 amide bonds. The molecular weight excluding hydrogens is 140 g/mol. The fourth-order valence-corrected chi connectivity index (χ4v) is 0.954. The maximum atomic E-state index is 5.26. The Labute approximate surface area is 65.9 Å². The number of aryl methyl sites for hydroxylation is 1. The van der Waals surface area contributed by atoms with Crippen LogP contribution in [0.2, 0.25) is 0 Å². The highest BCUT2D eigenvalue weighted by atomic mass is 16.3. The van der Waals surface area contributed by atoms with E-state index in [2.05, 4.69) is 12.0 Å². The topological polar surface area (TPSA) is 51.2 Å². The van der Waals surface area contributed by atoms with Gasteiger partial charge in [0.1, 0.15) is 5.76 Å². The smallest absolute Gasteiger partial charge is 0.128 e. The summed E-state index contributed by atoms with van der Waals surface area (Å²) in [4.78, 5) is 0. The van der Waals surface area contributed by atoms with Gasteiger partial charge in [-0.3, -0.25) is 5.84 Å². The van der Waals surface area contributed by atoms with Crippen molar-refractivity contribution in [3.8, 4) is 0 Å². The highest BCUT2D eigenvalue weighted by molar-refractivity contribution is 5.20. The molecule has 0 bridgehead atoms. The second-order valence-corrected chi connectivity index (χ2v) is 2.35. The van der Waals surface area contributed by atoms with E-state index < -0.39 is 0 Å². The van der Waals surface area contributed by atoms with E-state index in [0.29, 0.717) is 0 Å². The molecule has 1 rings (SSSR count). The molecule has 11 heavy (non-hydrogen) atoms. The summed E-state index contributed by atoms with van der Waals surface area (Å²) in [5, 5.41) is 0. The van der Waals surface area contributed by atoms with Crippen LogP contribution >= 0.6 is 0 Å². The first-order chi connectivity index (χ1) is 5.29. The molecule has 1 aromatic heterocycles. The van der Waals surface area contributed by atoms with Crippen molar-refractivity contribution in [1.82, 2.24) is 5.43 Å². The maximum absolute atomic E-state index is 5.26. The van der Waals surface area contributed by atoms with E-state index in [4.69, 9.17) is 10.3 Å². The minimum Gasteiger partial charge on any atom is -0.467 e. The molecule has 3 N–H and O–H groups in total. The zero-order chi connectivity index (χ0) is 8.27. The van der Waals surface area contributed by atoms with Gasteiger partial charge >= 0.3 is 0 Å². The van der Waals surface area contributed by atoms with Gasteiger partial charge in [0.25, 0.3) is 0 Å². The van der Waals surface area contributed by atoms with Crippen molar-refractivity contribution >= 4 is 0 Å². The van der Waals surface area contributed by atoms with Gasteiger partial charge in [0.05, 0.1) is 12.3 Å². The van der Waals surface area contributed by atoms with Gasteiger partial charge in [0, 0.05) is 0 Å². The van der Waals surface area contributed by atoms with Crippen LogP contribution in [-0.4, -0.2) is 0 Å². The first-order valence-electron chi connectivity index (χ1n) is 3.42. The van der Waals surface area contributed by atoms with Crippen LogP contribution in [0.5, 0.6) is 0 Å². The van der Waals surface area contributed by atoms with Crippen molar-refractivity contribution in [3.05, 3.63) is 36.3 Å². The van der Waals surface area contributed by atoms with Crippen LogP contribution in [0.15, 0.2) is 29.4 Å². The van der Waals surface area contributed by atoms with Gasteiger partial charge in [-0.15, -0.1) is 6.58 Å². The van der Waals surface area contributed by atoms with Crippen LogP contribution in [0.4, 0.5) is 0 Å². The Morgan fingerprint density at radius 1 is 1.82 bits per heavy atom. The van der Waals surface area contributed by atoms with Gasteiger partial charge in [0.2, 0.25) is 0 Å². The van der Waals surface area contributed by atoms with Crippen LogP contribution in [0.1, 0.15) is 17.4 Å². The van der Waals surface area contributed by atoms with E-state index in [1.165, 1.54) is 0 Å². The van der Waals surface area contributed by atoms with Crippen molar-refractivity contribution < 1.29 is 4.42 Å². The number of rotatable bonds is 3. The summed E-state index contributed by atoms with van der Waals surface area (Å²) in [6, 6.07) is 1.80. The molecule has 0 aliphatic rings. The lowest BCUT2D eigenvalue weighted by Crippen LogP contribution is -2.26. The molecule has 0 aromatic carbocycles. The Morgan fingerprint density at radius 2 is 2.55 bits per heavy atom. The number of hydrogen-bond acceptors (Lipinski definition) is 3. The Balaban J connectivity index is 2.89. The van der Waals surface area contributed by atoms with Crippen LogP contribution in [0, 0.1) is 6.92 Å². The Morgan fingerprint density at radius 3 is 2.91 bits per heavy atom. The van der Waals surface area contributed by atoms with Crippen molar-refractivity contribution in [1.29, 1.82) is 0 Å². The fraction of sp³-hybridized carbons (Fsp3) is 0.250. The predicted octanol–water partition coefficient (Wildman–Crippen LogP) is 1.28. The molecule has 0 saturated carbocycles. The minimum atomic E-state index is -0.0926. The maximum Gasteiger partial charge on any atom is 0.128 e. The molecule has 3 nitrogen and oxygen atoms in total. The normalized spacial score (nSPS) is 12.9. The van der Waals surface area contributed by atoms with Crippen LogP contribution in [0.3, 0.4) is 0 Å². The molecule has 0 radical (unpaired) electrons. The zero-order valence-electron chi connectivity index (χ0n) is 6.50. The fourth-order valence-electron chi connectivity index (χ4n) is 0.954. The molecule has 0 fully saturated rings. The summed E-state index contributed by atoms with van der Waals surface area (Å²) in [6.07, 6.45) is 3.34. The van der Waals surface area contributed by atoms with E-state index >= 15 is 0 Å². The third-order valence-electron chi connectivity index (χ3n) is 1.60. The number of nitrogens with one attached hydrogen (secondary N) is 1. The van der Waals surface area contributed by atoms with Gasteiger partial charge < -0.3 is 4.42 Å². The largest absolute Gasteiger partial charge is 0.467 e. The van der Waals surface area contributed by atoms with Gasteiger partial charge in [-0.05, 0) is 18.6 Å². The second-order valence-electron chi connectivity index (χ2n) is 2.35. The molecule has 60 valence electrons. The Bertz CT molecular complexity index is 242. The van der Waals surface area contributed by atoms with Crippen molar-refractivity contribution in [2.75, 3.05) is 0 Å². The minimum absolute atomic E-state index is 0.0926. The lowest BCUT2D eigenvalue weighted by atomic mass is 10.1. The molecule has 0 saturated heterocycles. The molecule has 1 heterocycles. The second kappa shape index (κ2) is 3.37. The van der Waals surface area contributed by atoms with Gasteiger partial charge in [-0.25, -0.2) is 5.43 Å². The van der Waals surface area contributed by atoms with Crippen molar-refractivity contribution in [2.45, 2.75) is 13.0 Å². The van der Waals surface area contributed by atoms with E-state index in [1.54, 1.807) is 12.3 Å². The highest BCUT2D eigenvalue weighted by Crippen LogP contribution is 2.17. The summed E-state index contributed by atoms with van der Waals surface area (Å²) in [5.41, 5.74) is 3.66. The molecule has 0 aliphatic carbocycles. The summed E-state index contributed by atoms with van der Waals surface area (Å²) in [6.45, 7) is 5.59. The number of nitrogens with two attached hydrogens (primary N) is 1. The number of hydrazine groups is 1. The summed E-state index contributed by atoms with van der Waals surface area (Å²) in [5.74, 6) is 6.08. The molecule has 1 aromatic rings. The van der Waals surface area contributed by atoms with E-state index in [0.717, 1.165) is 11.3 Å². The lowest BCUT2D eigenvalue weighted by molar-refractivity contribution is 0.456. The highest BCUT2D eigenvalue weighted by Gasteiger charge is 2.10. The Hall–Kier alpha value is -1.06. The van der Waals surface area contributed by atoms with Gasteiger partial charge in [-0.1, -0.05) is 6.08 Å². The zero-order valence-corrected chi connectivity index (χ0v) is 6.50. The molecule has 3 heteroatoms. The predicted molar refractivity (Wildman–Crippen MR) is 43.7 cm³/mol. The molecular formula is C8H12N2O. The van der Waals surface area contributed by atoms with Gasteiger partial charge in [0.15, 0.2) is 0 Å². The molecule has 0 aliphatic heterocycles. The first-order valence-corrected chi connectivity index (χ1v) is 3.42. The average Bonchev–Trinajstić information content (AvgIpc) is 2.40. The molecule has 1 atom stereocenters.